The minimum atomic E-state index is -1.07. The fraction of sp³-hybridized carbons (Fsp3) is 0.714. The molecule has 1 saturated heterocycles. The normalized spacial score (nSPS) is 27.5. The summed E-state index contributed by atoms with van der Waals surface area (Å²) >= 11 is 0. The first-order valence-electron chi connectivity index (χ1n) is 9.91. The van der Waals surface area contributed by atoms with Gasteiger partial charge in [-0.3, -0.25) is 4.90 Å². The second-order valence-electron chi connectivity index (χ2n) is 8.23. The maximum Gasteiger partial charge on any atom is 0.134 e. The second kappa shape index (κ2) is 8.70. The lowest BCUT2D eigenvalue weighted by Crippen LogP contribution is -2.52. The largest absolute Gasteiger partial charge is 0.490 e. The van der Waals surface area contributed by atoms with Crippen LogP contribution in [0.2, 0.25) is 0 Å². The third kappa shape index (κ3) is 5.68. The van der Waals surface area contributed by atoms with Gasteiger partial charge in [-0.05, 0) is 37.5 Å². The molecule has 2 aliphatic rings. The lowest BCUT2D eigenvalue weighted by atomic mass is 9.93. The molecule has 0 amide bonds. The molecule has 1 aliphatic heterocycles. The SMILES string of the molecule is Cc1cccc(OCC2(O)COCCN(CC3(O)CCCCCC3)C2)c1. The van der Waals surface area contributed by atoms with E-state index < -0.39 is 11.2 Å². The molecule has 5 nitrogen and oxygen atoms in total. The molecule has 1 atom stereocenters. The van der Waals surface area contributed by atoms with Crippen molar-refractivity contribution < 1.29 is 19.7 Å². The molecule has 5 heteroatoms. The van der Waals surface area contributed by atoms with Gasteiger partial charge in [-0.15, -0.1) is 0 Å². The number of benzene rings is 1. The van der Waals surface area contributed by atoms with Crippen molar-refractivity contribution in [2.45, 2.75) is 56.7 Å². The smallest absolute Gasteiger partial charge is 0.134 e. The minimum absolute atomic E-state index is 0.186. The summed E-state index contributed by atoms with van der Waals surface area (Å²) in [5.41, 5.74) is -0.579. The van der Waals surface area contributed by atoms with Crippen LogP contribution in [0.25, 0.3) is 0 Å². The lowest BCUT2D eigenvalue weighted by Gasteiger charge is -2.36. The highest BCUT2D eigenvalue weighted by atomic mass is 16.5. The van der Waals surface area contributed by atoms with Gasteiger partial charge in [0.05, 0.1) is 18.8 Å². The number of hydrogen-bond donors (Lipinski definition) is 2. The zero-order chi connectivity index (χ0) is 18.5. The molecule has 26 heavy (non-hydrogen) atoms. The average Bonchev–Trinajstić information content (AvgIpc) is 2.92. The van der Waals surface area contributed by atoms with E-state index in [0.717, 1.165) is 43.5 Å². The van der Waals surface area contributed by atoms with Crippen LogP contribution in [0.5, 0.6) is 5.75 Å². The predicted molar refractivity (Wildman–Crippen MR) is 102 cm³/mol. The molecule has 1 heterocycles. The zero-order valence-electron chi connectivity index (χ0n) is 16.0. The lowest BCUT2D eigenvalue weighted by molar-refractivity contribution is -0.0733. The van der Waals surface area contributed by atoms with Crippen LogP contribution in [0.3, 0.4) is 0 Å². The van der Waals surface area contributed by atoms with Crippen LogP contribution < -0.4 is 4.74 Å². The fourth-order valence-electron chi connectivity index (χ4n) is 4.10. The highest BCUT2D eigenvalue weighted by Crippen LogP contribution is 2.29. The van der Waals surface area contributed by atoms with Crippen LogP contribution in [0.1, 0.15) is 44.1 Å². The number of hydrogen-bond acceptors (Lipinski definition) is 5. The van der Waals surface area contributed by atoms with Crippen LogP contribution >= 0.6 is 0 Å². The van der Waals surface area contributed by atoms with Gasteiger partial charge in [0.2, 0.25) is 0 Å². The third-order valence-corrected chi connectivity index (χ3v) is 5.49. The summed E-state index contributed by atoms with van der Waals surface area (Å²) in [5.74, 6) is 0.761. The third-order valence-electron chi connectivity index (χ3n) is 5.49. The summed E-state index contributed by atoms with van der Waals surface area (Å²) in [4.78, 5) is 2.15. The molecule has 1 aliphatic carbocycles. The summed E-state index contributed by atoms with van der Waals surface area (Å²) in [6, 6.07) is 7.84. The Labute approximate surface area is 156 Å². The van der Waals surface area contributed by atoms with Crippen molar-refractivity contribution in [2.24, 2.45) is 0 Å². The maximum absolute atomic E-state index is 11.0. The van der Waals surface area contributed by atoms with E-state index in [1.807, 2.05) is 31.2 Å². The fourth-order valence-corrected chi connectivity index (χ4v) is 4.10. The van der Waals surface area contributed by atoms with Gasteiger partial charge in [-0.1, -0.05) is 37.8 Å². The zero-order valence-corrected chi connectivity index (χ0v) is 16.0. The van der Waals surface area contributed by atoms with Crippen LogP contribution in [0.4, 0.5) is 0 Å². The van der Waals surface area contributed by atoms with Gasteiger partial charge >= 0.3 is 0 Å². The highest BCUT2D eigenvalue weighted by Gasteiger charge is 2.37. The number of aliphatic hydroxyl groups is 2. The molecular formula is C21H33NO4. The number of ether oxygens (including phenoxy) is 2. The Morgan fingerprint density at radius 1 is 1.12 bits per heavy atom. The molecule has 0 spiro atoms. The number of nitrogens with zero attached hydrogens (tertiary/aromatic N) is 1. The molecule has 2 fully saturated rings. The summed E-state index contributed by atoms with van der Waals surface area (Å²) in [6.07, 6.45) is 6.29. The van der Waals surface area contributed by atoms with E-state index in [4.69, 9.17) is 9.47 Å². The van der Waals surface area contributed by atoms with E-state index in [1.54, 1.807) is 0 Å². The Hall–Kier alpha value is -1.14. The van der Waals surface area contributed by atoms with E-state index in [1.165, 1.54) is 12.8 Å². The molecular weight excluding hydrogens is 330 g/mol. The first-order valence-corrected chi connectivity index (χ1v) is 9.91. The van der Waals surface area contributed by atoms with E-state index in [2.05, 4.69) is 4.90 Å². The Morgan fingerprint density at radius 2 is 1.88 bits per heavy atom. The van der Waals surface area contributed by atoms with Gasteiger partial charge in [0.25, 0.3) is 0 Å². The van der Waals surface area contributed by atoms with Gasteiger partial charge in [0, 0.05) is 19.6 Å². The van der Waals surface area contributed by atoms with E-state index in [-0.39, 0.29) is 13.2 Å². The Morgan fingerprint density at radius 3 is 2.62 bits per heavy atom. The van der Waals surface area contributed by atoms with E-state index in [0.29, 0.717) is 19.7 Å². The average molecular weight is 363 g/mol. The molecule has 1 unspecified atom stereocenters. The predicted octanol–water partition coefficient (Wildman–Crippen LogP) is 2.52. The van der Waals surface area contributed by atoms with Crippen molar-refractivity contribution in [3.05, 3.63) is 29.8 Å². The number of β-amino-alcohol motifs (C(OH)–C–C–N with tert-alkyl or cyclic N) is 2. The monoisotopic (exact) mass is 363 g/mol. The first kappa shape index (κ1) is 19.6. The van der Waals surface area contributed by atoms with E-state index in [9.17, 15) is 10.2 Å². The standard InChI is InChI=1S/C21H33NO4/c1-18-7-6-8-19(13-18)26-17-21(24)15-22(11-12-25-16-21)14-20(23)9-4-2-3-5-10-20/h6-8,13,23-24H,2-5,9-12,14-17H2,1H3. The van der Waals surface area contributed by atoms with Crippen molar-refractivity contribution in [2.75, 3.05) is 39.5 Å². The topological polar surface area (TPSA) is 62.2 Å². The molecule has 3 rings (SSSR count). The molecule has 1 aromatic carbocycles. The van der Waals surface area contributed by atoms with Crippen molar-refractivity contribution in [1.29, 1.82) is 0 Å². The molecule has 0 radical (unpaired) electrons. The van der Waals surface area contributed by atoms with E-state index >= 15 is 0 Å². The molecule has 1 saturated carbocycles. The van der Waals surface area contributed by atoms with Crippen molar-refractivity contribution >= 4 is 0 Å². The number of aryl methyl sites for hydroxylation is 1. The van der Waals surface area contributed by atoms with Crippen LogP contribution in [-0.4, -0.2) is 65.8 Å². The molecule has 0 aromatic heterocycles. The van der Waals surface area contributed by atoms with Crippen LogP contribution in [-0.2, 0) is 4.74 Å². The van der Waals surface area contributed by atoms with Crippen molar-refractivity contribution in [3.63, 3.8) is 0 Å². The van der Waals surface area contributed by atoms with Gasteiger partial charge in [0.15, 0.2) is 0 Å². The molecule has 2 N–H and O–H groups in total. The summed E-state index contributed by atoms with van der Waals surface area (Å²) < 4.78 is 11.5. The second-order valence-corrected chi connectivity index (χ2v) is 8.23. The maximum atomic E-state index is 11.0. The molecule has 0 bridgehead atoms. The van der Waals surface area contributed by atoms with Gasteiger partial charge in [-0.25, -0.2) is 0 Å². The molecule has 146 valence electrons. The van der Waals surface area contributed by atoms with Gasteiger partial charge in [0.1, 0.15) is 18.0 Å². The van der Waals surface area contributed by atoms with Crippen molar-refractivity contribution in [1.82, 2.24) is 4.90 Å². The van der Waals surface area contributed by atoms with Crippen LogP contribution in [0, 0.1) is 6.92 Å². The Bertz CT molecular complexity index is 571. The summed E-state index contributed by atoms with van der Waals surface area (Å²) in [6.45, 7) is 4.83. The summed E-state index contributed by atoms with van der Waals surface area (Å²) in [5, 5.41) is 22.1. The van der Waals surface area contributed by atoms with Crippen molar-refractivity contribution in [3.8, 4) is 5.75 Å². The summed E-state index contributed by atoms with van der Waals surface area (Å²) in [7, 11) is 0. The first-order chi connectivity index (χ1) is 12.5. The minimum Gasteiger partial charge on any atom is -0.490 e. The Kier molecular flexibility index (Phi) is 6.56. The molecule has 1 aromatic rings. The quantitative estimate of drug-likeness (QED) is 0.787. The highest BCUT2D eigenvalue weighted by molar-refractivity contribution is 5.27. The number of rotatable bonds is 5. The van der Waals surface area contributed by atoms with Gasteiger partial charge < -0.3 is 19.7 Å². The Balaban J connectivity index is 1.60. The van der Waals surface area contributed by atoms with Crippen LogP contribution in [0.15, 0.2) is 24.3 Å². The van der Waals surface area contributed by atoms with Gasteiger partial charge in [-0.2, -0.15) is 0 Å².